The zero-order valence-corrected chi connectivity index (χ0v) is 9.08. The number of nitrogens with one attached hydrogen (secondary N) is 1. The summed E-state index contributed by atoms with van der Waals surface area (Å²) < 4.78 is 3.97. The highest BCUT2D eigenvalue weighted by atomic mass is 32.1. The maximum Gasteiger partial charge on any atom is 0.144 e. The van der Waals surface area contributed by atoms with Crippen LogP contribution < -0.4 is 0 Å². The van der Waals surface area contributed by atoms with Crippen LogP contribution in [0.5, 0.6) is 0 Å². The third kappa shape index (κ3) is 0.964. The highest BCUT2D eigenvalue weighted by Crippen LogP contribution is 2.28. The Balaban J connectivity index is 2.65. The van der Waals surface area contributed by atoms with Crippen molar-refractivity contribution in [1.82, 2.24) is 14.6 Å². The fourth-order valence-corrected chi connectivity index (χ4v) is 2.80. The Bertz CT molecular complexity index is 674. The molecule has 0 spiro atoms. The number of rotatable bonds is 0. The second kappa shape index (κ2) is 2.65. The van der Waals surface area contributed by atoms with Gasteiger partial charge in [-0.05, 0) is 19.1 Å². The molecule has 5 heteroatoms. The van der Waals surface area contributed by atoms with Gasteiger partial charge in [0.25, 0.3) is 0 Å². The molecule has 0 aliphatic carbocycles. The van der Waals surface area contributed by atoms with E-state index in [0.29, 0.717) is 4.64 Å². The summed E-state index contributed by atoms with van der Waals surface area (Å²) in [6.07, 6.45) is 1.76. The Morgan fingerprint density at radius 1 is 1.43 bits per heavy atom. The van der Waals surface area contributed by atoms with Crippen LogP contribution in [0.25, 0.3) is 15.7 Å². The normalized spacial score (nSPS) is 11.5. The Labute approximate surface area is 89.0 Å². The zero-order valence-electron chi connectivity index (χ0n) is 7.44. The van der Waals surface area contributed by atoms with E-state index in [1.807, 2.05) is 4.40 Å². The first-order valence-electron chi connectivity index (χ1n) is 4.20. The largest absolute Gasteiger partial charge is 0.295 e. The molecule has 0 saturated carbocycles. The van der Waals surface area contributed by atoms with Crippen molar-refractivity contribution in [1.29, 1.82) is 0 Å². The lowest BCUT2D eigenvalue weighted by Crippen LogP contribution is -1.89. The van der Waals surface area contributed by atoms with Gasteiger partial charge in [-0.1, -0.05) is 12.2 Å². The topological polar surface area (TPSA) is 33.1 Å². The van der Waals surface area contributed by atoms with E-state index in [1.54, 1.807) is 17.7 Å². The molecule has 0 aliphatic heterocycles. The van der Waals surface area contributed by atoms with Crippen LogP contribution in [0.3, 0.4) is 0 Å². The minimum atomic E-state index is 0.688. The first kappa shape index (κ1) is 8.14. The van der Waals surface area contributed by atoms with Crippen LogP contribution in [0.1, 0.15) is 4.88 Å². The first-order valence-corrected chi connectivity index (χ1v) is 5.43. The molecule has 0 amide bonds. The van der Waals surface area contributed by atoms with Gasteiger partial charge in [0.15, 0.2) is 0 Å². The van der Waals surface area contributed by atoms with E-state index < -0.39 is 0 Å². The predicted octanol–water partition coefficient (Wildman–Crippen LogP) is 2.92. The minimum Gasteiger partial charge on any atom is -0.295 e. The molecule has 0 bridgehead atoms. The van der Waals surface area contributed by atoms with E-state index in [4.69, 9.17) is 12.2 Å². The minimum absolute atomic E-state index is 0.688. The molecule has 0 saturated heterocycles. The van der Waals surface area contributed by atoms with Crippen molar-refractivity contribution < 1.29 is 0 Å². The van der Waals surface area contributed by atoms with E-state index >= 15 is 0 Å². The van der Waals surface area contributed by atoms with Crippen LogP contribution in [0.15, 0.2) is 18.5 Å². The predicted molar refractivity (Wildman–Crippen MR) is 60.5 cm³/mol. The van der Waals surface area contributed by atoms with Crippen molar-refractivity contribution in [2.45, 2.75) is 6.92 Å². The molecule has 0 unspecified atom stereocenters. The van der Waals surface area contributed by atoms with Gasteiger partial charge < -0.3 is 0 Å². The van der Waals surface area contributed by atoms with Gasteiger partial charge in [-0.3, -0.25) is 9.50 Å². The Kier molecular flexibility index (Phi) is 1.54. The fraction of sp³-hybridized carbons (Fsp3) is 0.111. The SMILES string of the molecule is Cc1cc2c(cc3c(=S)[nH]ncn32)s1. The van der Waals surface area contributed by atoms with Gasteiger partial charge in [0.2, 0.25) is 0 Å². The van der Waals surface area contributed by atoms with Crippen LogP contribution in [0, 0.1) is 11.6 Å². The zero-order chi connectivity index (χ0) is 9.71. The summed E-state index contributed by atoms with van der Waals surface area (Å²) in [4.78, 5) is 1.31. The van der Waals surface area contributed by atoms with Crippen LogP contribution in [-0.2, 0) is 0 Å². The van der Waals surface area contributed by atoms with Gasteiger partial charge in [-0.15, -0.1) is 11.3 Å². The van der Waals surface area contributed by atoms with E-state index in [2.05, 4.69) is 29.3 Å². The van der Waals surface area contributed by atoms with E-state index in [0.717, 1.165) is 5.52 Å². The van der Waals surface area contributed by atoms with Gasteiger partial charge in [-0.2, -0.15) is 5.10 Å². The molecule has 14 heavy (non-hydrogen) atoms. The molecule has 3 rings (SSSR count). The first-order chi connectivity index (χ1) is 6.75. The summed E-state index contributed by atoms with van der Waals surface area (Å²) in [5.41, 5.74) is 2.21. The molecular weight excluding hydrogens is 214 g/mol. The van der Waals surface area contributed by atoms with Crippen molar-refractivity contribution in [2.24, 2.45) is 0 Å². The monoisotopic (exact) mass is 221 g/mol. The summed E-state index contributed by atoms with van der Waals surface area (Å²) in [5.74, 6) is 0. The molecule has 3 aromatic rings. The standard InChI is InChI=1S/C9H7N3S2/c1-5-2-6-8(14-5)3-7-9(13)11-10-4-12(6)7/h2-4H,1H3,(H,11,13). The molecule has 1 N–H and O–H groups in total. The number of hydrogen-bond donors (Lipinski definition) is 1. The van der Waals surface area contributed by atoms with Crippen LogP contribution in [0.4, 0.5) is 0 Å². The summed E-state index contributed by atoms with van der Waals surface area (Å²) in [6.45, 7) is 2.11. The van der Waals surface area contributed by atoms with Crippen LogP contribution in [0.2, 0.25) is 0 Å². The van der Waals surface area contributed by atoms with Gasteiger partial charge in [0.1, 0.15) is 11.0 Å². The van der Waals surface area contributed by atoms with Crippen molar-refractivity contribution in [3.63, 3.8) is 0 Å². The molecule has 3 aromatic heterocycles. The summed E-state index contributed by atoms with van der Waals surface area (Å²) >= 11 is 6.94. The maximum atomic E-state index is 5.16. The van der Waals surface area contributed by atoms with Gasteiger partial charge in [0.05, 0.1) is 15.7 Å². The molecular formula is C9H7N3S2. The average molecular weight is 221 g/mol. The van der Waals surface area contributed by atoms with E-state index in [-0.39, 0.29) is 0 Å². The molecule has 0 fully saturated rings. The molecule has 70 valence electrons. The maximum absolute atomic E-state index is 5.16. The Hall–Kier alpha value is -1.20. The third-order valence-electron chi connectivity index (χ3n) is 2.22. The molecule has 3 heterocycles. The third-order valence-corrected chi connectivity index (χ3v) is 3.51. The molecule has 0 radical (unpaired) electrons. The van der Waals surface area contributed by atoms with Crippen LogP contribution in [-0.4, -0.2) is 14.6 Å². The van der Waals surface area contributed by atoms with Crippen molar-refractivity contribution >= 4 is 39.3 Å². The second-order valence-electron chi connectivity index (χ2n) is 3.19. The summed E-state index contributed by atoms with van der Waals surface area (Å²) in [5, 5.41) is 6.77. The van der Waals surface area contributed by atoms with Gasteiger partial charge >= 0.3 is 0 Å². The number of aromatic nitrogens is 3. The molecule has 0 aromatic carbocycles. The molecule has 0 atom stereocenters. The number of aryl methyl sites for hydroxylation is 1. The number of H-pyrrole nitrogens is 1. The smallest absolute Gasteiger partial charge is 0.144 e. The van der Waals surface area contributed by atoms with Crippen molar-refractivity contribution in [2.75, 3.05) is 0 Å². The molecule has 3 nitrogen and oxygen atoms in total. The Morgan fingerprint density at radius 3 is 3.14 bits per heavy atom. The van der Waals surface area contributed by atoms with Crippen molar-refractivity contribution in [3.05, 3.63) is 28.0 Å². The number of aromatic amines is 1. The highest BCUT2D eigenvalue weighted by molar-refractivity contribution is 7.71. The van der Waals surface area contributed by atoms with E-state index in [1.165, 1.54) is 15.1 Å². The highest BCUT2D eigenvalue weighted by Gasteiger charge is 2.06. The number of thiophene rings is 1. The quantitative estimate of drug-likeness (QED) is 0.592. The number of fused-ring (bicyclic) bond motifs is 3. The van der Waals surface area contributed by atoms with Gasteiger partial charge in [0, 0.05) is 4.88 Å². The second-order valence-corrected chi connectivity index (χ2v) is 4.89. The summed E-state index contributed by atoms with van der Waals surface area (Å²) in [6, 6.07) is 4.26. The van der Waals surface area contributed by atoms with E-state index in [9.17, 15) is 0 Å². The van der Waals surface area contributed by atoms with Gasteiger partial charge in [-0.25, -0.2) is 0 Å². The van der Waals surface area contributed by atoms with Crippen molar-refractivity contribution in [3.8, 4) is 0 Å². The van der Waals surface area contributed by atoms with Crippen LogP contribution >= 0.6 is 23.6 Å². The molecule has 0 aliphatic rings. The lowest BCUT2D eigenvalue weighted by atomic mass is 10.4. The lowest BCUT2D eigenvalue weighted by Gasteiger charge is -1.92. The fourth-order valence-electron chi connectivity index (χ4n) is 1.64. The number of hydrogen-bond acceptors (Lipinski definition) is 3. The lowest BCUT2D eigenvalue weighted by molar-refractivity contribution is 0.951. The Morgan fingerprint density at radius 2 is 2.29 bits per heavy atom. The average Bonchev–Trinajstić information content (AvgIpc) is 2.63. The number of nitrogens with zero attached hydrogens (tertiary/aromatic N) is 2. The summed E-state index contributed by atoms with van der Waals surface area (Å²) in [7, 11) is 0.